The second kappa shape index (κ2) is 6.76. The highest BCUT2D eigenvalue weighted by Crippen LogP contribution is 2.17. The van der Waals surface area contributed by atoms with Crippen molar-refractivity contribution in [3.8, 4) is 0 Å². The SMILES string of the molecule is CCOCC(Nc1nc[nH]c(=O)c1Br)C(C)C. The highest BCUT2D eigenvalue weighted by Gasteiger charge is 2.16. The van der Waals surface area contributed by atoms with Gasteiger partial charge < -0.3 is 15.0 Å². The first kappa shape index (κ1) is 14.2. The topological polar surface area (TPSA) is 67.0 Å². The average Bonchev–Trinajstić information content (AvgIpc) is 2.29. The number of hydrogen-bond donors (Lipinski definition) is 2. The molecule has 0 aromatic carbocycles. The van der Waals surface area contributed by atoms with Gasteiger partial charge in [-0.3, -0.25) is 4.79 Å². The molecule has 6 heteroatoms. The standard InChI is InChI=1S/C11H18BrN3O2/c1-4-17-5-8(7(2)3)15-10-9(12)11(16)14-6-13-10/h6-8H,4-5H2,1-3H3,(H2,13,14,15,16). The number of hydrogen-bond acceptors (Lipinski definition) is 4. The minimum Gasteiger partial charge on any atom is -0.380 e. The molecule has 1 unspecified atom stereocenters. The van der Waals surface area contributed by atoms with Crippen LogP contribution in [0.5, 0.6) is 0 Å². The van der Waals surface area contributed by atoms with E-state index in [1.54, 1.807) is 0 Å². The van der Waals surface area contributed by atoms with Gasteiger partial charge in [-0.25, -0.2) is 4.98 Å². The van der Waals surface area contributed by atoms with Gasteiger partial charge in [0.05, 0.1) is 19.0 Å². The van der Waals surface area contributed by atoms with Gasteiger partial charge in [-0.1, -0.05) is 13.8 Å². The van der Waals surface area contributed by atoms with E-state index in [4.69, 9.17) is 4.74 Å². The zero-order chi connectivity index (χ0) is 12.8. The Morgan fingerprint density at radius 2 is 2.29 bits per heavy atom. The van der Waals surface area contributed by atoms with Crippen molar-refractivity contribution in [3.05, 3.63) is 21.2 Å². The van der Waals surface area contributed by atoms with Crippen molar-refractivity contribution >= 4 is 21.7 Å². The maximum absolute atomic E-state index is 11.4. The fraction of sp³-hybridized carbons (Fsp3) is 0.636. The third-order valence-corrected chi connectivity index (χ3v) is 3.16. The van der Waals surface area contributed by atoms with Gasteiger partial charge in [0.1, 0.15) is 10.3 Å². The molecule has 0 aliphatic carbocycles. The number of ether oxygens (including phenoxy) is 1. The second-order valence-electron chi connectivity index (χ2n) is 4.05. The van der Waals surface area contributed by atoms with Crippen LogP contribution in [0, 0.1) is 5.92 Å². The summed E-state index contributed by atoms with van der Waals surface area (Å²) in [5, 5.41) is 3.22. The zero-order valence-electron chi connectivity index (χ0n) is 10.3. The molecule has 0 saturated heterocycles. The third kappa shape index (κ3) is 4.12. The van der Waals surface area contributed by atoms with E-state index in [0.717, 1.165) is 0 Å². The van der Waals surface area contributed by atoms with Gasteiger partial charge >= 0.3 is 0 Å². The van der Waals surface area contributed by atoms with Crippen molar-refractivity contribution < 1.29 is 4.74 Å². The highest BCUT2D eigenvalue weighted by atomic mass is 79.9. The Hall–Kier alpha value is -0.880. The monoisotopic (exact) mass is 303 g/mol. The van der Waals surface area contributed by atoms with Crippen molar-refractivity contribution in [2.24, 2.45) is 5.92 Å². The molecule has 1 heterocycles. The van der Waals surface area contributed by atoms with E-state index in [1.165, 1.54) is 6.33 Å². The lowest BCUT2D eigenvalue weighted by Gasteiger charge is -2.22. The fourth-order valence-electron chi connectivity index (χ4n) is 1.30. The van der Waals surface area contributed by atoms with E-state index in [2.05, 4.69) is 45.1 Å². The van der Waals surface area contributed by atoms with Crippen LogP contribution in [0.3, 0.4) is 0 Å². The minimum absolute atomic E-state index is 0.126. The summed E-state index contributed by atoms with van der Waals surface area (Å²) in [6, 6.07) is 0.126. The number of nitrogens with zero attached hydrogens (tertiary/aromatic N) is 1. The van der Waals surface area contributed by atoms with Crippen LogP contribution in [0.4, 0.5) is 5.82 Å². The van der Waals surface area contributed by atoms with Gasteiger partial charge in [-0.05, 0) is 28.8 Å². The first-order chi connectivity index (χ1) is 8.06. The number of anilines is 1. The molecule has 2 N–H and O–H groups in total. The summed E-state index contributed by atoms with van der Waals surface area (Å²) in [6.45, 7) is 7.41. The summed E-state index contributed by atoms with van der Waals surface area (Å²) in [6.07, 6.45) is 1.38. The summed E-state index contributed by atoms with van der Waals surface area (Å²) in [5.74, 6) is 0.932. The number of halogens is 1. The summed E-state index contributed by atoms with van der Waals surface area (Å²) in [7, 11) is 0. The Morgan fingerprint density at radius 3 is 2.88 bits per heavy atom. The van der Waals surface area contributed by atoms with Crippen molar-refractivity contribution in [3.63, 3.8) is 0 Å². The molecule has 17 heavy (non-hydrogen) atoms. The molecule has 0 aliphatic rings. The van der Waals surface area contributed by atoms with Crippen LogP contribution in [0.25, 0.3) is 0 Å². The molecule has 0 spiro atoms. The van der Waals surface area contributed by atoms with Gasteiger partial charge in [0, 0.05) is 6.61 Å². The van der Waals surface area contributed by atoms with Gasteiger partial charge in [0.25, 0.3) is 5.56 Å². The van der Waals surface area contributed by atoms with Gasteiger partial charge in [-0.2, -0.15) is 0 Å². The van der Waals surface area contributed by atoms with Crippen LogP contribution in [-0.4, -0.2) is 29.2 Å². The zero-order valence-corrected chi connectivity index (χ0v) is 11.9. The molecular weight excluding hydrogens is 286 g/mol. The molecule has 1 aromatic heterocycles. The summed E-state index contributed by atoms with van der Waals surface area (Å²) in [4.78, 5) is 18.0. The normalized spacial score (nSPS) is 12.8. The number of rotatable bonds is 6. The van der Waals surface area contributed by atoms with Crippen molar-refractivity contribution in [2.45, 2.75) is 26.8 Å². The van der Waals surface area contributed by atoms with Crippen LogP contribution < -0.4 is 10.9 Å². The van der Waals surface area contributed by atoms with Crippen LogP contribution in [0.1, 0.15) is 20.8 Å². The van der Waals surface area contributed by atoms with Crippen LogP contribution >= 0.6 is 15.9 Å². The Kier molecular flexibility index (Phi) is 5.64. The molecule has 1 atom stereocenters. The quantitative estimate of drug-likeness (QED) is 0.843. The molecule has 0 fully saturated rings. The Bertz CT molecular complexity index is 406. The molecule has 0 radical (unpaired) electrons. The second-order valence-corrected chi connectivity index (χ2v) is 4.84. The predicted molar refractivity (Wildman–Crippen MR) is 71.3 cm³/mol. The van der Waals surface area contributed by atoms with Gasteiger partial charge in [0.15, 0.2) is 0 Å². The molecule has 0 bridgehead atoms. The number of H-pyrrole nitrogens is 1. The molecule has 96 valence electrons. The van der Waals surface area contributed by atoms with E-state index >= 15 is 0 Å². The number of aromatic nitrogens is 2. The molecular formula is C11H18BrN3O2. The van der Waals surface area contributed by atoms with Crippen molar-refractivity contribution in [1.29, 1.82) is 0 Å². The van der Waals surface area contributed by atoms with Crippen LogP contribution in [0.2, 0.25) is 0 Å². The van der Waals surface area contributed by atoms with Crippen LogP contribution in [0.15, 0.2) is 15.6 Å². The molecule has 0 aliphatic heterocycles. The summed E-state index contributed by atoms with van der Waals surface area (Å²) >= 11 is 3.22. The predicted octanol–water partition coefficient (Wildman–Crippen LogP) is 2.01. The van der Waals surface area contributed by atoms with E-state index in [1.807, 2.05) is 6.92 Å². The van der Waals surface area contributed by atoms with E-state index < -0.39 is 0 Å². The smallest absolute Gasteiger partial charge is 0.267 e. The minimum atomic E-state index is -0.193. The maximum Gasteiger partial charge on any atom is 0.267 e. The van der Waals surface area contributed by atoms with Crippen LogP contribution in [-0.2, 0) is 4.74 Å². The largest absolute Gasteiger partial charge is 0.380 e. The average molecular weight is 304 g/mol. The van der Waals surface area contributed by atoms with Gasteiger partial charge in [0.2, 0.25) is 0 Å². The molecule has 0 saturated carbocycles. The van der Waals surface area contributed by atoms with E-state index in [0.29, 0.717) is 29.4 Å². The van der Waals surface area contributed by atoms with Gasteiger partial charge in [-0.15, -0.1) is 0 Å². The Morgan fingerprint density at radius 1 is 1.59 bits per heavy atom. The Labute approximate surface area is 109 Å². The maximum atomic E-state index is 11.4. The molecule has 1 rings (SSSR count). The molecule has 0 amide bonds. The summed E-state index contributed by atoms with van der Waals surface area (Å²) in [5.41, 5.74) is -0.193. The lowest BCUT2D eigenvalue weighted by Crippen LogP contribution is -2.32. The fourth-order valence-corrected chi connectivity index (χ4v) is 1.64. The van der Waals surface area contributed by atoms with E-state index in [9.17, 15) is 4.79 Å². The number of nitrogens with one attached hydrogen (secondary N) is 2. The lowest BCUT2D eigenvalue weighted by molar-refractivity contribution is 0.126. The molecule has 1 aromatic rings. The third-order valence-electron chi connectivity index (χ3n) is 2.42. The highest BCUT2D eigenvalue weighted by molar-refractivity contribution is 9.10. The van der Waals surface area contributed by atoms with E-state index in [-0.39, 0.29) is 11.6 Å². The summed E-state index contributed by atoms with van der Waals surface area (Å²) < 4.78 is 5.83. The Balaban J connectivity index is 2.78. The lowest BCUT2D eigenvalue weighted by atomic mass is 10.1. The van der Waals surface area contributed by atoms with Crippen molar-refractivity contribution in [2.75, 3.05) is 18.5 Å². The molecule has 5 nitrogen and oxygen atoms in total. The first-order valence-corrected chi connectivity index (χ1v) is 6.43. The number of aromatic amines is 1. The van der Waals surface area contributed by atoms with Crippen molar-refractivity contribution in [1.82, 2.24) is 9.97 Å². The first-order valence-electron chi connectivity index (χ1n) is 5.63.